The van der Waals surface area contributed by atoms with Gasteiger partial charge in [-0.2, -0.15) is 0 Å². The van der Waals surface area contributed by atoms with E-state index in [1.54, 1.807) is 12.1 Å². The molecule has 0 radical (unpaired) electrons. The van der Waals surface area contributed by atoms with Crippen molar-refractivity contribution in [3.63, 3.8) is 0 Å². The molecule has 2 N–H and O–H groups in total. The third-order valence-corrected chi connectivity index (χ3v) is 2.47. The zero-order valence-corrected chi connectivity index (χ0v) is 10.3. The van der Waals surface area contributed by atoms with Crippen LogP contribution in [0.4, 0.5) is 0 Å². The summed E-state index contributed by atoms with van der Waals surface area (Å²) in [5.41, 5.74) is -1.40. The molecule has 1 amide bonds. The minimum Gasteiger partial charge on any atom is -0.480 e. The fourth-order valence-electron chi connectivity index (χ4n) is 1.32. The van der Waals surface area contributed by atoms with E-state index in [2.05, 4.69) is 10.5 Å². The molecule has 0 spiro atoms. The highest BCUT2D eigenvalue weighted by Crippen LogP contribution is 2.20. The van der Waals surface area contributed by atoms with Gasteiger partial charge in [-0.25, -0.2) is 4.79 Å². The predicted octanol–water partition coefficient (Wildman–Crippen LogP) is 1.53. The summed E-state index contributed by atoms with van der Waals surface area (Å²) in [7, 11) is 0. The van der Waals surface area contributed by atoms with Gasteiger partial charge in [-0.15, -0.1) is 0 Å². The summed E-state index contributed by atoms with van der Waals surface area (Å²) in [4.78, 5) is 22.7. The quantitative estimate of drug-likeness (QED) is 0.867. The molecule has 0 saturated carbocycles. The maximum Gasteiger partial charge on any atom is 0.328 e. The Morgan fingerprint density at radius 1 is 1.37 bits per heavy atom. The molecule has 7 nitrogen and oxygen atoms in total. The van der Waals surface area contributed by atoms with Crippen molar-refractivity contribution in [3.8, 4) is 11.5 Å². The zero-order chi connectivity index (χ0) is 14.0. The van der Waals surface area contributed by atoms with E-state index in [0.717, 1.165) is 0 Å². The fraction of sp³-hybridized carbons (Fsp3) is 0.250. The van der Waals surface area contributed by atoms with Crippen molar-refractivity contribution >= 4 is 11.9 Å². The normalized spacial score (nSPS) is 11.3. The Kier molecular flexibility index (Phi) is 3.12. The molecule has 0 atom stereocenters. The number of aromatic nitrogens is 1. The molecule has 0 fully saturated rings. The number of carbonyl (C=O) groups is 2. The molecule has 0 bridgehead atoms. The summed E-state index contributed by atoms with van der Waals surface area (Å²) < 4.78 is 10.0. The number of hydrogen-bond donors (Lipinski definition) is 2. The lowest BCUT2D eigenvalue weighted by Crippen LogP contribution is -2.49. The molecule has 0 aromatic carbocycles. The van der Waals surface area contributed by atoms with Gasteiger partial charge in [-0.05, 0) is 26.0 Å². The molecule has 19 heavy (non-hydrogen) atoms. The monoisotopic (exact) mass is 264 g/mol. The van der Waals surface area contributed by atoms with Crippen LogP contribution in [0.25, 0.3) is 11.5 Å². The van der Waals surface area contributed by atoms with Gasteiger partial charge in [0.15, 0.2) is 11.5 Å². The van der Waals surface area contributed by atoms with E-state index in [4.69, 9.17) is 14.0 Å². The predicted molar refractivity (Wildman–Crippen MR) is 63.4 cm³/mol. The van der Waals surface area contributed by atoms with Gasteiger partial charge in [-0.1, -0.05) is 5.16 Å². The first-order chi connectivity index (χ1) is 8.90. The molecule has 2 aromatic rings. The molecule has 0 aliphatic carbocycles. The number of amides is 1. The van der Waals surface area contributed by atoms with Crippen molar-refractivity contribution in [1.82, 2.24) is 10.5 Å². The van der Waals surface area contributed by atoms with E-state index in [0.29, 0.717) is 11.5 Å². The second-order valence-corrected chi connectivity index (χ2v) is 4.44. The molecule has 0 aliphatic rings. The first-order valence-corrected chi connectivity index (χ1v) is 5.46. The SMILES string of the molecule is CC(C)(NC(=O)c1cc(-c2ccco2)on1)C(=O)O. The number of carboxylic acid groups (broad SMARTS) is 1. The molecule has 2 rings (SSSR count). The highest BCUT2D eigenvalue weighted by molar-refractivity contribution is 5.96. The van der Waals surface area contributed by atoms with Crippen LogP contribution in [0.1, 0.15) is 24.3 Å². The molecule has 7 heteroatoms. The van der Waals surface area contributed by atoms with Gasteiger partial charge in [-0.3, -0.25) is 4.79 Å². The van der Waals surface area contributed by atoms with Crippen LogP contribution in [0.5, 0.6) is 0 Å². The second-order valence-electron chi connectivity index (χ2n) is 4.44. The number of furan rings is 1. The molecular formula is C12H12N2O5. The second kappa shape index (κ2) is 4.60. The Hall–Kier alpha value is -2.57. The molecule has 0 saturated heterocycles. The van der Waals surface area contributed by atoms with Crippen LogP contribution in [0, 0.1) is 0 Å². The van der Waals surface area contributed by atoms with E-state index in [1.165, 1.54) is 26.2 Å². The lowest BCUT2D eigenvalue weighted by molar-refractivity contribution is -0.143. The van der Waals surface area contributed by atoms with Crippen LogP contribution in [-0.2, 0) is 4.79 Å². The van der Waals surface area contributed by atoms with Crippen molar-refractivity contribution in [2.75, 3.05) is 0 Å². The van der Waals surface area contributed by atoms with Gasteiger partial charge >= 0.3 is 5.97 Å². The standard InChI is InChI=1S/C12H12N2O5/c1-12(2,11(16)17)13-10(15)7-6-9(19-14-7)8-4-3-5-18-8/h3-6H,1-2H3,(H,13,15)(H,16,17). The van der Waals surface area contributed by atoms with Gasteiger partial charge in [0.2, 0.25) is 5.76 Å². The van der Waals surface area contributed by atoms with Crippen LogP contribution in [0.3, 0.4) is 0 Å². The van der Waals surface area contributed by atoms with Gasteiger partial charge in [0, 0.05) is 6.07 Å². The third kappa shape index (κ3) is 2.65. The topological polar surface area (TPSA) is 106 Å². The van der Waals surface area contributed by atoms with Crippen molar-refractivity contribution in [2.45, 2.75) is 19.4 Å². The minimum atomic E-state index is -1.39. The van der Waals surface area contributed by atoms with E-state index in [9.17, 15) is 9.59 Å². The maximum atomic E-state index is 11.8. The molecule has 0 unspecified atom stereocenters. The summed E-state index contributed by atoms with van der Waals surface area (Å²) in [6.45, 7) is 2.75. The number of nitrogens with zero attached hydrogens (tertiary/aromatic N) is 1. The van der Waals surface area contributed by atoms with Crippen molar-refractivity contribution in [1.29, 1.82) is 0 Å². The van der Waals surface area contributed by atoms with Crippen LogP contribution in [0.15, 0.2) is 33.4 Å². The third-order valence-electron chi connectivity index (χ3n) is 2.47. The fourth-order valence-corrected chi connectivity index (χ4v) is 1.32. The number of aliphatic carboxylic acids is 1. The average molecular weight is 264 g/mol. The van der Waals surface area contributed by atoms with Crippen LogP contribution < -0.4 is 5.32 Å². The Morgan fingerprint density at radius 2 is 2.11 bits per heavy atom. The Bertz CT molecular complexity index is 597. The van der Waals surface area contributed by atoms with E-state index in [1.807, 2.05) is 0 Å². The summed E-state index contributed by atoms with van der Waals surface area (Å²) in [5.74, 6) is -1.04. The minimum absolute atomic E-state index is 0.0132. The van der Waals surface area contributed by atoms with E-state index in [-0.39, 0.29) is 5.69 Å². The zero-order valence-electron chi connectivity index (χ0n) is 10.3. The van der Waals surface area contributed by atoms with Crippen molar-refractivity contribution < 1.29 is 23.6 Å². The number of rotatable bonds is 4. The molecular weight excluding hydrogens is 252 g/mol. The summed E-state index contributed by atoms with van der Waals surface area (Å²) in [6, 6.07) is 4.71. The first kappa shape index (κ1) is 12.9. The maximum absolute atomic E-state index is 11.8. The van der Waals surface area contributed by atoms with Gasteiger partial charge in [0.25, 0.3) is 5.91 Å². The number of carboxylic acids is 1. The van der Waals surface area contributed by atoms with E-state index < -0.39 is 17.4 Å². The highest BCUT2D eigenvalue weighted by Gasteiger charge is 2.30. The lowest BCUT2D eigenvalue weighted by Gasteiger charge is -2.19. The molecule has 0 aliphatic heterocycles. The van der Waals surface area contributed by atoms with Gasteiger partial charge < -0.3 is 19.4 Å². The Balaban J connectivity index is 2.15. The van der Waals surface area contributed by atoms with Crippen molar-refractivity contribution in [2.24, 2.45) is 0 Å². The largest absolute Gasteiger partial charge is 0.480 e. The van der Waals surface area contributed by atoms with Crippen LogP contribution >= 0.6 is 0 Å². The average Bonchev–Trinajstić information content (AvgIpc) is 2.99. The number of carbonyl (C=O) groups excluding carboxylic acids is 1. The Labute approximate surface area is 108 Å². The lowest BCUT2D eigenvalue weighted by atomic mass is 10.1. The van der Waals surface area contributed by atoms with Crippen molar-refractivity contribution in [3.05, 3.63) is 30.2 Å². The summed E-state index contributed by atoms with van der Waals surface area (Å²) in [6.07, 6.45) is 1.46. The van der Waals surface area contributed by atoms with Crippen LogP contribution in [-0.4, -0.2) is 27.7 Å². The summed E-state index contributed by atoms with van der Waals surface area (Å²) in [5, 5.41) is 14.8. The Morgan fingerprint density at radius 3 is 2.68 bits per heavy atom. The molecule has 2 aromatic heterocycles. The first-order valence-electron chi connectivity index (χ1n) is 5.46. The van der Waals surface area contributed by atoms with Crippen LogP contribution in [0.2, 0.25) is 0 Å². The van der Waals surface area contributed by atoms with E-state index >= 15 is 0 Å². The number of nitrogens with one attached hydrogen (secondary N) is 1. The smallest absolute Gasteiger partial charge is 0.328 e. The van der Waals surface area contributed by atoms with Gasteiger partial charge in [0.05, 0.1) is 6.26 Å². The number of hydrogen-bond acceptors (Lipinski definition) is 5. The summed E-state index contributed by atoms with van der Waals surface area (Å²) >= 11 is 0. The molecule has 100 valence electrons. The molecule has 2 heterocycles. The van der Waals surface area contributed by atoms with Gasteiger partial charge in [0.1, 0.15) is 5.54 Å². The highest BCUT2D eigenvalue weighted by atomic mass is 16.5.